The zero-order valence-corrected chi connectivity index (χ0v) is 16.0. The van der Waals surface area contributed by atoms with Crippen LogP contribution in [0.25, 0.3) is 0 Å². The Morgan fingerprint density at radius 1 is 1.08 bits per heavy atom. The van der Waals surface area contributed by atoms with E-state index in [2.05, 4.69) is 5.32 Å². The van der Waals surface area contributed by atoms with E-state index >= 15 is 0 Å². The summed E-state index contributed by atoms with van der Waals surface area (Å²) in [6, 6.07) is 9.71. The zero-order valence-electron chi connectivity index (χ0n) is 16.0. The van der Waals surface area contributed by atoms with Gasteiger partial charge in [-0.1, -0.05) is 36.4 Å². The maximum Gasteiger partial charge on any atom is 0.408 e. The molecule has 0 heterocycles. The van der Waals surface area contributed by atoms with Gasteiger partial charge in [-0.05, 0) is 46.6 Å². The van der Waals surface area contributed by atoms with Gasteiger partial charge in [0.1, 0.15) is 5.60 Å². The van der Waals surface area contributed by atoms with Crippen LogP contribution in [-0.4, -0.2) is 30.3 Å². The Bertz CT molecular complexity index is 612. The molecule has 0 unspecified atom stereocenters. The van der Waals surface area contributed by atoms with E-state index in [1.807, 2.05) is 71.0 Å². The minimum Gasteiger partial charge on any atom is -0.466 e. The second kappa shape index (κ2) is 8.70. The fourth-order valence-electron chi connectivity index (χ4n) is 2.18. The largest absolute Gasteiger partial charge is 0.466 e. The summed E-state index contributed by atoms with van der Waals surface area (Å²) in [6.45, 7) is 9.20. The quantitative estimate of drug-likeness (QED) is 0.623. The monoisotopic (exact) mass is 347 g/mol. The summed E-state index contributed by atoms with van der Waals surface area (Å²) < 4.78 is 10.2. The predicted octanol–water partition coefficient (Wildman–Crippen LogP) is 4.02. The van der Waals surface area contributed by atoms with E-state index in [0.29, 0.717) is 18.4 Å². The van der Waals surface area contributed by atoms with Crippen molar-refractivity contribution in [2.24, 2.45) is 0 Å². The van der Waals surface area contributed by atoms with Crippen molar-refractivity contribution >= 4 is 12.1 Å². The maximum absolute atomic E-state index is 12.0. The van der Waals surface area contributed by atoms with Gasteiger partial charge in [0.15, 0.2) is 0 Å². The number of benzene rings is 1. The number of esters is 1. The fraction of sp³-hybridized carbons (Fsp3) is 0.500. The summed E-state index contributed by atoms with van der Waals surface area (Å²) in [4.78, 5) is 24.0. The Kier molecular flexibility index (Phi) is 7.22. The van der Waals surface area contributed by atoms with E-state index in [0.717, 1.165) is 5.56 Å². The first-order chi connectivity index (χ1) is 11.5. The summed E-state index contributed by atoms with van der Waals surface area (Å²) in [6.07, 6.45) is 2.30. The smallest absolute Gasteiger partial charge is 0.408 e. The Labute approximate surface area is 150 Å². The standard InChI is InChI=1S/C20H29NO4/c1-19(2,3)25-18(23)21-20(4,5)13-12-16(17(22)24-6)14-15-10-8-7-9-11-15/h7-12H,13-14H2,1-6H3,(H,21,23)/b16-12+. The molecule has 1 aromatic rings. The molecule has 25 heavy (non-hydrogen) atoms. The molecule has 1 aromatic carbocycles. The molecule has 0 aliphatic carbocycles. The molecule has 0 saturated carbocycles. The highest BCUT2D eigenvalue weighted by Crippen LogP contribution is 2.16. The average molecular weight is 347 g/mol. The second-order valence-electron chi connectivity index (χ2n) is 7.60. The molecule has 5 nitrogen and oxygen atoms in total. The van der Waals surface area contributed by atoms with Gasteiger partial charge in [0.25, 0.3) is 0 Å². The van der Waals surface area contributed by atoms with Gasteiger partial charge < -0.3 is 14.8 Å². The maximum atomic E-state index is 12.0. The molecular weight excluding hydrogens is 318 g/mol. The van der Waals surface area contributed by atoms with Gasteiger partial charge in [-0.15, -0.1) is 0 Å². The molecule has 0 aliphatic rings. The SMILES string of the molecule is COC(=O)/C(=C/CC(C)(C)NC(=O)OC(C)(C)C)Cc1ccccc1. The van der Waals surface area contributed by atoms with E-state index < -0.39 is 17.2 Å². The molecule has 0 bridgehead atoms. The van der Waals surface area contributed by atoms with Crippen molar-refractivity contribution in [1.29, 1.82) is 0 Å². The van der Waals surface area contributed by atoms with Crippen LogP contribution in [0.5, 0.6) is 0 Å². The lowest BCUT2D eigenvalue weighted by atomic mass is 9.96. The lowest BCUT2D eigenvalue weighted by molar-refractivity contribution is -0.136. The molecule has 0 radical (unpaired) electrons. The van der Waals surface area contributed by atoms with Crippen molar-refractivity contribution in [3.05, 3.63) is 47.5 Å². The molecule has 1 N–H and O–H groups in total. The summed E-state index contributed by atoms with van der Waals surface area (Å²) >= 11 is 0. The highest BCUT2D eigenvalue weighted by atomic mass is 16.6. The van der Waals surface area contributed by atoms with Crippen molar-refractivity contribution < 1.29 is 19.1 Å². The molecule has 1 amide bonds. The minimum atomic E-state index is -0.557. The number of ether oxygens (including phenoxy) is 2. The van der Waals surface area contributed by atoms with Crippen LogP contribution in [0.1, 0.15) is 46.6 Å². The number of rotatable bonds is 6. The van der Waals surface area contributed by atoms with Gasteiger partial charge in [0.05, 0.1) is 7.11 Å². The second-order valence-corrected chi connectivity index (χ2v) is 7.60. The molecular formula is C20H29NO4. The van der Waals surface area contributed by atoms with Crippen molar-refractivity contribution in [1.82, 2.24) is 5.32 Å². The number of hydrogen-bond donors (Lipinski definition) is 1. The summed E-state index contributed by atoms with van der Waals surface area (Å²) in [7, 11) is 1.37. The van der Waals surface area contributed by atoms with Crippen molar-refractivity contribution in [2.75, 3.05) is 7.11 Å². The number of hydrogen-bond acceptors (Lipinski definition) is 4. The average Bonchev–Trinajstić information content (AvgIpc) is 2.49. The van der Waals surface area contributed by atoms with E-state index in [1.165, 1.54) is 7.11 Å². The normalized spacial score (nSPS) is 12.5. The van der Waals surface area contributed by atoms with Crippen LogP contribution in [0.4, 0.5) is 4.79 Å². The molecule has 0 spiro atoms. The number of amides is 1. The fourth-order valence-corrected chi connectivity index (χ4v) is 2.18. The summed E-state index contributed by atoms with van der Waals surface area (Å²) in [5.41, 5.74) is 0.475. The van der Waals surface area contributed by atoms with Crippen LogP contribution in [0.2, 0.25) is 0 Å². The van der Waals surface area contributed by atoms with Crippen LogP contribution in [0.15, 0.2) is 42.0 Å². The number of carbonyl (C=O) groups is 2. The third-order valence-electron chi connectivity index (χ3n) is 3.38. The number of alkyl carbamates (subject to hydrolysis) is 1. The molecule has 5 heteroatoms. The molecule has 0 fully saturated rings. The lowest BCUT2D eigenvalue weighted by Crippen LogP contribution is -2.45. The first-order valence-corrected chi connectivity index (χ1v) is 8.35. The van der Waals surface area contributed by atoms with Crippen molar-refractivity contribution in [3.63, 3.8) is 0 Å². The highest BCUT2D eigenvalue weighted by Gasteiger charge is 2.24. The number of nitrogens with one attached hydrogen (secondary N) is 1. The molecule has 0 aliphatic heterocycles. The molecule has 0 atom stereocenters. The van der Waals surface area contributed by atoms with Gasteiger partial charge >= 0.3 is 12.1 Å². The molecule has 0 saturated heterocycles. The number of carbonyl (C=O) groups excluding carboxylic acids is 2. The summed E-state index contributed by atoms with van der Waals surface area (Å²) in [5, 5.41) is 2.83. The van der Waals surface area contributed by atoms with Crippen LogP contribution in [-0.2, 0) is 20.7 Å². The van der Waals surface area contributed by atoms with Gasteiger partial charge in [-0.25, -0.2) is 9.59 Å². The number of methoxy groups -OCH3 is 1. The molecule has 0 aromatic heterocycles. The Morgan fingerprint density at radius 3 is 2.20 bits per heavy atom. The van der Waals surface area contributed by atoms with E-state index in [4.69, 9.17) is 9.47 Å². The first-order valence-electron chi connectivity index (χ1n) is 8.35. The van der Waals surface area contributed by atoms with Crippen molar-refractivity contribution in [2.45, 2.75) is 58.6 Å². The Hall–Kier alpha value is -2.30. The van der Waals surface area contributed by atoms with Gasteiger partial charge in [-0.3, -0.25) is 0 Å². The first kappa shape index (κ1) is 20.7. The minimum absolute atomic E-state index is 0.364. The van der Waals surface area contributed by atoms with Crippen molar-refractivity contribution in [3.8, 4) is 0 Å². The van der Waals surface area contributed by atoms with Gasteiger partial charge in [0.2, 0.25) is 0 Å². The van der Waals surface area contributed by atoms with Gasteiger partial charge in [-0.2, -0.15) is 0 Å². The zero-order chi connectivity index (χ0) is 19.1. The highest BCUT2D eigenvalue weighted by molar-refractivity contribution is 5.88. The van der Waals surface area contributed by atoms with E-state index in [9.17, 15) is 9.59 Å². The van der Waals surface area contributed by atoms with Gasteiger partial charge in [0, 0.05) is 17.5 Å². The van der Waals surface area contributed by atoms with E-state index in [-0.39, 0.29) is 5.97 Å². The predicted molar refractivity (Wildman–Crippen MR) is 98.3 cm³/mol. The Balaban J connectivity index is 2.80. The molecule has 138 valence electrons. The third-order valence-corrected chi connectivity index (χ3v) is 3.38. The lowest BCUT2D eigenvalue weighted by Gasteiger charge is -2.28. The summed E-state index contributed by atoms with van der Waals surface area (Å²) in [5.74, 6) is -0.364. The van der Waals surface area contributed by atoms with Crippen LogP contribution in [0, 0.1) is 0 Å². The Morgan fingerprint density at radius 2 is 1.68 bits per heavy atom. The van der Waals surface area contributed by atoms with Crippen LogP contribution < -0.4 is 5.32 Å². The van der Waals surface area contributed by atoms with E-state index in [1.54, 1.807) is 0 Å². The third kappa shape index (κ3) is 8.38. The van der Waals surface area contributed by atoms with Crippen LogP contribution in [0.3, 0.4) is 0 Å². The molecule has 1 rings (SSSR count). The topological polar surface area (TPSA) is 64.6 Å². The van der Waals surface area contributed by atoms with Crippen LogP contribution >= 0.6 is 0 Å².